The minimum Gasteiger partial charge on any atom is -0.497 e. The van der Waals surface area contributed by atoms with Gasteiger partial charge in [0, 0.05) is 12.8 Å². The smallest absolute Gasteiger partial charge is 0.248 e. The quantitative estimate of drug-likeness (QED) is 0.793. The molecule has 1 aliphatic heterocycles. The Morgan fingerprint density at radius 1 is 1.38 bits per heavy atom. The van der Waals surface area contributed by atoms with Gasteiger partial charge < -0.3 is 10.5 Å². The van der Waals surface area contributed by atoms with Crippen molar-refractivity contribution in [1.82, 2.24) is 0 Å². The fourth-order valence-corrected chi connectivity index (χ4v) is 2.46. The van der Waals surface area contributed by atoms with Gasteiger partial charge in [0.2, 0.25) is 5.92 Å². The molecular weight excluding hydrogens is 212 g/mol. The fraction of sp³-hybridized carbons (Fsp3) is 0.833. The zero-order valence-corrected chi connectivity index (χ0v) is 9.42. The van der Waals surface area contributed by atoms with Gasteiger partial charge in [0.25, 0.3) is 0 Å². The minimum atomic E-state index is -2.47. The maximum absolute atomic E-state index is 13.0. The molecule has 0 aromatic heterocycles. The number of alkyl halides is 2. The molecule has 4 heteroatoms. The lowest BCUT2D eigenvalue weighted by Gasteiger charge is -2.33. The highest BCUT2D eigenvalue weighted by atomic mass is 19.3. The Morgan fingerprint density at radius 3 is 2.62 bits per heavy atom. The van der Waals surface area contributed by atoms with Gasteiger partial charge in [-0.1, -0.05) is 0 Å². The zero-order chi connectivity index (χ0) is 11.6. The molecule has 2 rings (SSSR count). The van der Waals surface area contributed by atoms with E-state index in [4.69, 9.17) is 10.5 Å². The van der Waals surface area contributed by atoms with E-state index in [1.807, 2.05) is 6.08 Å². The number of hydrogen-bond donors (Lipinski definition) is 1. The molecule has 2 N–H and O–H groups in total. The van der Waals surface area contributed by atoms with Crippen LogP contribution >= 0.6 is 0 Å². The third-order valence-electron chi connectivity index (χ3n) is 3.56. The summed E-state index contributed by atoms with van der Waals surface area (Å²) in [5.41, 5.74) is 6.07. The summed E-state index contributed by atoms with van der Waals surface area (Å²) in [6, 6.07) is -0.184. The van der Waals surface area contributed by atoms with Gasteiger partial charge >= 0.3 is 0 Å². The van der Waals surface area contributed by atoms with Crippen molar-refractivity contribution in [3.05, 3.63) is 11.8 Å². The van der Waals surface area contributed by atoms with Crippen LogP contribution in [0.4, 0.5) is 8.78 Å². The largest absolute Gasteiger partial charge is 0.497 e. The van der Waals surface area contributed by atoms with E-state index in [1.54, 1.807) is 0 Å². The Bertz CT molecular complexity index is 268. The summed E-state index contributed by atoms with van der Waals surface area (Å²) in [5.74, 6) is -1.50. The lowest BCUT2D eigenvalue weighted by molar-refractivity contribution is -0.0489. The highest BCUT2D eigenvalue weighted by molar-refractivity contribution is 5.07. The molecule has 0 bridgehead atoms. The molecule has 0 amide bonds. The van der Waals surface area contributed by atoms with Gasteiger partial charge in [-0.2, -0.15) is 0 Å². The second-order valence-electron chi connectivity index (χ2n) is 4.82. The third-order valence-corrected chi connectivity index (χ3v) is 3.56. The van der Waals surface area contributed by atoms with Crippen LogP contribution in [0, 0.1) is 5.92 Å². The highest BCUT2D eigenvalue weighted by Crippen LogP contribution is 2.38. The molecular formula is C12H19F2NO. The Balaban J connectivity index is 1.91. The van der Waals surface area contributed by atoms with Crippen LogP contribution in [0.5, 0.6) is 0 Å². The topological polar surface area (TPSA) is 35.2 Å². The molecule has 92 valence electrons. The Morgan fingerprint density at radius 2 is 2.06 bits per heavy atom. The molecule has 0 radical (unpaired) electrons. The number of nitrogens with two attached hydrogens (primary N) is 1. The van der Waals surface area contributed by atoms with Crippen molar-refractivity contribution in [2.45, 2.75) is 50.5 Å². The number of halogens is 2. The SMILES string of the molecule is NC(C1=CCCCO1)C1CCC(F)(F)CC1. The van der Waals surface area contributed by atoms with Gasteiger partial charge in [-0.15, -0.1) is 0 Å². The summed E-state index contributed by atoms with van der Waals surface area (Å²) < 4.78 is 31.5. The first-order chi connectivity index (χ1) is 7.58. The number of rotatable bonds is 2. The van der Waals surface area contributed by atoms with Crippen LogP contribution in [0.25, 0.3) is 0 Å². The van der Waals surface area contributed by atoms with Crippen molar-refractivity contribution >= 4 is 0 Å². The van der Waals surface area contributed by atoms with E-state index < -0.39 is 5.92 Å². The molecule has 0 saturated heterocycles. The molecule has 0 aromatic carbocycles. The first kappa shape index (κ1) is 11.8. The van der Waals surface area contributed by atoms with Crippen molar-refractivity contribution in [3.8, 4) is 0 Å². The molecule has 2 nitrogen and oxygen atoms in total. The van der Waals surface area contributed by atoms with Crippen molar-refractivity contribution < 1.29 is 13.5 Å². The zero-order valence-electron chi connectivity index (χ0n) is 9.42. The van der Waals surface area contributed by atoms with E-state index >= 15 is 0 Å². The molecule has 1 fully saturated rings. The average molecular weight is 231 g/mol. The second kappa shape index (κ2) is 4.70. The van der Waals surface area contributed by atoms with Crippen LogP contribution < -0.4 is 5.73 Å². The number of ether oxygens (including phenoxy) is 1. The van der Waals surface area contributed by atoms with E-state index in [2.05, 4.69) is 0 Å². The van der Waals surface area contributed by atoms with Crippen molar-refractivity contribution in [2.24, 2.45) is 11.7 Å². The molecule has 0 aromatic rings. The Labute approximate surface area is 94.8 Å². The first-order valence-corrected chi connectivity index (χ1v) is 6.05. The van der Waals surface area contributed by atoms with Gasteiger partial charge in [0.05, 0.1) is 12.6 Å². The molecule has 1 unspecified atom stereocenters. The van der Waals surface area contributed by atoms with Crippen LogP contribution in [0.1, 0.15) is 38.5 Å². The van der Waals surface area contributed by atoms with Gasteiger partial charge in [-0.25, -0.2) is 8.78 Å². The first-order valence-electron chi connectivity index (χ1n) is 6.05. The van der Waals surface area contributed by atoms with Gasteiger partial charge in [-0.3, -0.25) is 0 Å². The summed E-state index contributed by atoms with van der Waals surface area (Å²) in [4.78, 5) is 0. The average Bonchev–Trinajstić information content (AvgIpc) is 2.29. The third kappa shape index (κ3) is 2.73. The van der Waals surface area contributed by atoms with Crippen molar-refractivity contribution in [1.29, 1.82) is 0 Å². The molecule has 1 aliphatic carbocycles. The summed E-state index contributed by atoms with van der Waals surface area (Å²) in [5, 5.41) is 0. The van der Waals surface area contributed by atoms with Crippen molar-refractivity contribution in [3.63, 3.8) is 0 Å². The lowest BCUT2D eigenvalue weighted by Crippen LogP contribution is -2.38. The normalized spacial score (nSPS) is 28.1. The molecule has 1 atom stereocenters. The van der Waals surface area contributed by atoms with Crippen LogP contribution in [-0.2, 0) is 4.74 Å². The highest BCUT2D eigenvalue weighted by Gasteiger charge is 2.37. The van der Waals surface area contributed by atoms with E-state index in [9.17, 15) is 8.78 Å². The molecule has 0 spiro atoms. The summed E-state index contributed by atoms with van der Waals surface area (Å²) in [6.07, 6.45) is 4.99. The predicted molar refractivity (Wildman–Crippen MR) is 58.1 cm³/mol. The van der Waals surface area contributed by atoms with E-state index in [0.29, 0.717) is 19.4 Å². The monoisotopic (exact) mass is 231 g/mol. The number of hydrogen-bond acceptors (Lipinski definition) is 2. The van der Waals surface area contributed by atoms with Gasteiger partial charge in [-0.05, 0) is 37.7 Å². The fourth-order valence-electron chi connectivity index (χ4n) is 2.46. The van der Waals surface area contributed by atoms with E-state index in [0.717, 1.165) is 18.6 Å². The summed E-state index contributed by atoms with van der Waals surface area (Å²) >= 11 is 0. The Kier molecular flexibility index (Phi) is 3.47. The Hall–Kier alpha value is -0.640. The van der Waals surface area contributed by atoms with Crippen LogP contribution in [0.2, 0.25) is 0 Å². The maximum atomic E-state index is 13.0. The van der Waals surface area contributed by atoms with Crippen molar-refractivity contribution in [2.75, 3.05) is 6.61 Å². The molecule has 2 aliphatic rings. The van der Waals surface area contributed by atoms with E-state index in [1.165, 1.54) is 0 Å². The molecule has 16 heavy (non-hydrogen) atoms. The lowest BCUT2D eigenvalue weighted by atomic mass is 9.81. The predicted octanol–water partition coefficient (Wildman–Crippen LogP) is 2.83. The maximum Gasteiger partial charge on any atom is 0.248 e. The second-order valence-corrected chi connectivity index (χ2v) is 4.82. The van der Waals surface area contributed by atoms with Gasteiger partial charge in [0.15, 0.2) is 0 Å². The standard InChI is InChI=1S/C12H19F2NO/c13-12(14)6-4-9(5-7-12)11(15)10-3-1-2-8-16-10/h3,9,11H,1-2,4-8,15H2. The molecule has 1 saturated carbocycles. The summed E-state index contributed by atoms with van der Waals surface area (Å²) in [7, 11) is 0. The van der Waals surface area contributed by atoms with Crippen LogP contribution in [0.3, 0.4) is 0 Å². The number of allylic oxidation sites excluding steroid dienone is 1. The van der Waals surface area contributed by atoms with Gasteiger partial charge in [0.1, 0.15) is 5.76 Å². The molecule has 1 heterocycles. The van der Waals surface area contributed by atoms with Crippen LogP contribution in [0.15, 0.2) is 11.8 Å². The van der Waals surface area contributed by atoms with E-state index in [-0.39, 0.29) is 24.8 Å². The summed E-state index contributed by atoms with van der Waals surface area (Å²) in [6.45, 7) is 0.711. The van der Waals surface area contributed by atoms with Crippen LogP contribution in [-0.4, -0.2) is 18.6 Å². The minimum absolute atomic E-state index is 0.0291.